The highest BCUT2D eigenvalue weighted by atomic mass is 16.5. The van der Waals surface area contributed by atoms with Crippen molar-refractivity contribution >= 4 is 0 Å². The summed E-state index contributed by atoms with van der Waals surface area (Å²) in [7, 11) is 1.77. The predicted octanol–water partition coefficient (Wildman–Crippen LogP) is 3.25. The molecule has 5 nitrogen and oxygen atoms in total. The zero-order chi connectivity index (χ0) is 14.8. The Morgan fingerprint density at radius 3 is 2.62 bits per heavy atom. The van der Waals surface area contributed by atoms with E-state index in [1.54, 1.807) is 7.11 Å². The number of hydrogen-bond acceptors (Lipinski definition) is 5. The van der Waals surface area contributed by atoms with Gasteiger partial charge in [0.05, 0.1) is 5.54 Å². The topological polar surface area (TPSA) is 60.2 Å². The summed E-state index contributed by atoms with van der Waals surface area (Å²) in [5.41, 5.74) is -0.435. The van der Waals surface area contributed by atoms with Gasteiger partial charge in [0.25, 0.3) is 0 Å². The van der Waals surface area contributed by atoms with Crippen LogP contribution in [0.2, 0.25) is 0 Å². The molecular weight excluding hydrogens is 266 g/mol. The minimum atomic E-state index is -0.327. The van der Waals surface area contributed by atoms with Gasteiger partial charge < -0.3 is 14.6 Å². The first-order valence-corrected chi connectivity index (χ1v) is 8.39. The first-order chi connectivity index (χ1) is 10.2. The number of nitrogens with zero attached hydrogens (tertiary/aromatic N) is 2. The van der Waals surface area contributed by atoms with Gasteiger partial charge in [-0.2, -0.15) is 4.98 Å². The first kappa shape index (κ1) is 15.0. The van der Waals surface area contributed by atoms with Crippen molar-refractivity contribution in [2.75, 3.05) is 13.7 Å². The highest BCUT2D eigenvalue weighted by molar-refractivity contribution is 5.10. The molecule has 3 rings (SSSR count). The van der Waals surface area contributed by atoms with E-state index >= 15 is 0 Å². The largest absolute Gasteiger partial charge is 0.370 e. The smallest absolute Gasteiger partial charge is 0.247 e. The molecule has 0 amide bonds. The Balaban J connectivity index is 1.88. The summed E-state index contributed by atoms with van der Waals surface area (Å²) >= 11 is 0. The second-order valence-corrected chi connectivity index (χ2v) is 6.54. The number of nitrogens with one attached hydrogen (secondary N) is 1. The maximum atomic E-state index is 5.83. The molecule has 1 aromatic heterocycles. The SMILES string of the molecule is CCCC1(c2nc(C3(OC)CCCCC3)no2)CCCN1. The Morgan fingerprint density at radius 2 is 2.00 bits per heavy atom. The Hall–Kier alpha value is -0.940. The molecule has 1 aliphatic heterocycles. The van der Waals surface area contributed by atoms with Crippen LogP contribution in [0.3, 0.4) is 0 Å². The lowest BCUT2D eigenvalue weighted by Gasteiger charge is -2.32. The third-order valence-corrected chi connectivity index (χ3v) is 5.22. The van der Waals surface area contributed by atoms with Gasteiger partial charge in [-0.3, -0.25) is 0 Å². The zero-order valence-corrected chi connectivity index (χ0v) is 13.3. The molecule has 0 spiro atoms. The normalized spacial score (nSPS) is 28.9. The van der Waals surface area contributed by atoms with E-state index in [0.717, 1.165) is 50.4 Å². The van der Waals surface area contributed by atoms with Crippen LogP contribution in [0, 0.1) is 0 Å². The van der Waals surface area contributed by atoms with Crippen LogP contribution < -0.4 is 5.32 Å². The van der Waals surface area contributed by atoms with Crippen LogP contribution >= 0.6 is 0 Å². The monoisotopic (exact) mass is 293 g/mol. The molecule has 0 aromatic carbocycles. The fraction of sp³-hybridized carbons (Fsp3) is 0.875. The van der Waals surface area contributed by atoms with E-state index in [0.29, 0.717) is 0 Å². The van der Waals surface area contributed by atoms with E-state index in [-0.39, 0.29) is 11.1 Å². The molecule has 1 N–H and O–H groups in total. The average Bonchev–Trinajstić information content (AvgIpc) is 3.18. The molecule has 1 saturated carbocycles. The number of ether oxygens (including phenoxy) is 1. The molecule has 1 saturated heterocycles. The minimum absolute atomic E-state index is 0.108. The van der Waals surface area contributed by atoms with Crippen molar-refractivity contribution in [1.82, 2.24) is 15.5 Å². The second kappa shape index (κ2) is 6.05. The van der Waals surface area contributed by atoms with Gasteiger partial charge in [0.1, 0.15) is 5.60 Å². The van der Waals surface area contributed by atoms with Crippen molar-refractivity contribution < 1.29 is 9.26 Å². The van der Waals surface area contributed by atoms with Crippen LogP contribution in [0.1, 0.15) is 76.4 Å². The molecule has 1 atom stereocenters. The lowest BCUT2D eigenvalue weighted by atomic mass is 9.84. The highest BCUT2D eigenvalue weighted by Gasteiger charge is 2.43. The lowest BCUT2D eigenvalue weighted by Crippen LogP contribution is -2.37. The third-order valence-electron chi connectivity index (χ3n) is 5.22. The lowest BCUT2D eigenvalue weighted by molar-refractivity contribution is -0.0527. The van der Waals surface area contributed by atoms with Gasteiger partial charge in [-0.25, -0.2) is 0 Å². The molecule has 1 aliphatic carbocycles. The van der Waals surface area contributed by atoms with E-state index in [1.807, 2.05) is 0 Å². The van der Waals surface area contributed by atoms with Crippen LogP contribution in [0.4, 0.5) is 0 Å². The highest BCUT2D eigenvalue weighted by Crippen LogP contribution is 2.40. The van der Waals surface area contributed by atoms with Crippen LogP contribution in [0.25, 0.3) is 0 Å². The van der Waals surface area contributed by atoms with Gasteiger partial charge in [-0.05, 0) is 38.6 Å². The maximum absolute atomic E-state index is 5.83. The molecule has 1 unspecified atom stereocenters. The van der Waals surface area contributed by atoms with E-state index in [1.165, 1.54) is 25.7 Å². The van der Waals surface area contributed by atoms with Crippen LogP contribution in [-0.2, 0) is 15.9 Å². The van der Waals surface area contributed by atoms with E-state index in [9.17, 15) is 0 Å². The van der Waals surface area contributed by atoms with Crippen LogP contribution in [0.5, 0.6) is 0 Å². The number of hydrogen-bond donors (Lipinski definition) is 1. The molecule has 2 fully saturated rings. The Bertz CT molecular complexity index is 441. The quantitative estimate of drug-likeness (QED) is 0.903. The Morgan fingerprint density at radius 1 is 1.19 bits per heavy atom. The Labute approximate surface area is 126 Å². The average molecular weight is 293 g/mol. The number of aromatic nitrogens is 2. The van der Waals surface area contributed by atoms with Gasteiger partial charge in [-0.1, -0.05) is 37.8 Å². The minimum Gasteiger partial charge on any atom is -0.370 e. The maximum Gasteiger partial charge on any atom is 0.247 e. The van der Waals surface area contributed by atoms with Crippen molar-refractivity contribution in [3.05, 3.63) is 11.7 Å². The standard InChI is InChI=1S/C16H27N3O2/c1-3-8-15(9-7-12-17-15)14-18-13(19-21-14)16(20-2)10-5-4-6-11-16/h17H,3-12H2,1-2H3. The second-order valence-electron chi connectivity index (χ2n) is 6.54. The molecule has 0 radical (unpaired) electrons. The molecule has 21 heavy (non-hydrogen) atoms. The summed E-state index contributed by atoms with van der Waals surface area (Å²) in [5, 5.41) is 7.90. The fourth-order valence-electron chi connectivity index (χ4n) is 3.98. The molecule has 2 heterocycles. The molecule has 2 aliphatic rings. The summed E-state index contributed by atoms with van der Waals surface area (Å²) in [6.07, 6.45) is 10.0. The van der Waals surface area contributed by atoms with Crippen molar-refractivity contribution in [1.29, 1.82) is 0 Å². The van der Waals surface area contributed by atoms with E-state index in [4.69, 9.17) is 14.2 Å². The number of methoxy groups -OCH3 is 1. The summed E-state index contributed by atoms with van der Waals surface area (Å²) in [6.45, 7) is 3.24. The van der Waals surface area contributed by atoms with Gasteiger partial charge in [0.15, 0.2) is 0 Å². The molecule has 1 aromatic rings. The zero-order valence-electron chi connectivity index (χ0n) is 13.3. The van der Waals surface area contributed by atoms with Crippen molar-refractivity contribution in [2.24, 2.45) is 0 Å². The van der Waals surface area contributed by atoms with Gasteiger partial charge in [0, 0.05) is 7.11 Å². The van der Waals surface area contributed by atoms with Gasteiger partial charge in [0.2, 0.25) is 11.7 Å². The molecule has 118 valence electrons. The summed E-state index contributed by atoms with van der Waals surface area (Å²) in [4.78, 5) is 4.78. The van der Waals surface area contributed by atoms with Crippen LogP contribution in [0.15, 0.2) is 4.52 Å². The summed E-state index contributed by atoms with van der Waals surface area (Å²) < 4.78 is 11.5. The first-order valence-electron chi connectivity index (χ1n) is 8.39. The van der Waals surface area contributed by atoms with E-state index in [2.05, 4.69) is 17.4 Å². The third kappa shape index (κ3) is 2.61. The van der Waals surface area contributed by atoms with Crippen molar-refractivity contribution in [2.45, 2.75) is 75.9 Å². The van der Waals surface area contributed by atoms with Crippen molar-refractivity contribution in [3.63, 3.8) is 0 Å². The Kier molecular flexibility index (Phi) is 4.31. The fourth-order valence-corrected chi connectivity index (χ4v) is 3.98. The van der Waals surface area contributed by atoms with Crippen molar-refractivity contribution in [3.8, 4) is 0 Å². The van der Waals surface area contributed by atoms with Crippen LogP contribution in [-0.4, -0.2) is 23.8 Å². The molecular formula is C16H27N3O2. The van der Waals surface area contributed by atoms with Gasteiger partial charge in [-0.15, -0.1) is 0 Å². The van der Waals surface area contributed by atoms with Gasteiger partial charge >= 0.3 is 0 Å². The summed E-state index contributed by atoms with van der Waals surface area (Å²) in [6, 6.07) is 0. The van der Waals surface area contributed by atoms with E-state index < -0.39 is 0 Å². The predicted molar refractivity (Wildman–Crippen MR) is 79.9 cm³/mol. The summed E-state index contributed by atoms with van der Waals surface area (Å²) in [5.74, 6) is 1.52. The molecule has 5 heteroatoms. The molecule has 0 bridgehead atoms. The number of rotatable bonds is 5.